The molecule has 2 rings (SSSR count). The van der Waals surface area contributed by atoms with Crippen LogP contribution in [0.15, 0.2) is 60.7 Å². The normalized spacial score (nSPS) is 10.6. The standard InChI is InChI=1S/C21H25NO4/c1-26-19(24)13-15-22(14-8-16-23)21(25)20(17-9-4-2-5-10-17)18-11-6-3-7-12-18/h2-7,9-12,20,23H,8,13-16H2,1H3. The molecule has 5 heteroatoms. The monoisotopic (exact) mass is 355 g/mol. The number of carbonyl (C=O) groups is 2. The third-order valence-corrected chi connectivity index (χ3v) is 4.22. The minimum Gasteiger partial charge on any atom is -0.469 e. The van der Waals surface area contributed by atoms with Gasteiger partial charge in [0, 0.05) is 19.7 Å². The second-order valence-corrected chi connectivity index (χ2v) is 5.98. The Morgan fingerprint density at radius 1 is 0.962 bits per heavy atom. The largest absolute Gasteiger partial charge is 0.469 e. The minimum absolute atomic E-state index is 0.0106. The molecule has 0 unspecified atom stereocenters. The molecule has 0 saturated heterocycles. The molecule has 0 aliphatic carbocycles. The molecule has 2 aromatic rings. The van der Waals surface area contributed by atoms with Crippen LogP contribution >= 0.6 is 0 Å². The van der Waals surface area contributed by atoms with Crippen molar-refractivity contribution >= 4 is 11.9 Å². The molecule has 1 N–H and O–H groups in total. The average molecular weight is 355 g/mol. The van der Waals surface area contributed by atoms with E-state index < -0.39 is 5.92 Å². The molecule has 0 saturated carbocycles. The van der Waals surface area contributed by atoms with Gasteiger partial charge in [0.15, 0.2) is 0 Å². The van der Waals surface area contributed by atoms with Gasteiger partial charge in [-0.25, -0.2) is 0 Å². The summed E-state index contributed by atoms with van der Waals surface area (Å²) in [5.41, 5.74) is 1.80. The Labute approximate surface area is 154 Å². The number of aliphatic hydroxyl groups is 1. The molecule has 5 nitrogen and oxygen atoms in total. The Hall–Kier alpha value is -2.66. The summed E-state index contributed by atoms with van der Waals surface area (Å²) in [4.78, 5) is 26.5. The number of benzene rings is 2. The lowest BCUT2D eigenvalue weighted by atomic mass is 9.90. The van der Waals surface area contributed by atoms with Crippen molar-refractivity contribution in [2.75, 3.05) is 26.8 Å². The smallest absolute Gasteiger partial charge is 0.307 e. The highest BCUT2D eigenvalue weighted by Crippen LogP contribution is 2.27. The molecule has 0 bridgehead atoms. The van der Waals surface area contributed by atoms with Gasteiger partial charge in [-0.15, -0.1) is 0 Å². The van der Waals surface area contributed by atoms with Crippen molar-refractivity contribution in [1.29, 1.82) is 0 Å². The molecular weight excluding hydrogens is 330 g/mol. The topological polar surface area (TPSA) is 66.8 Å². The summed E-state index contributed by atoms with van der Waals surface area (Å²) in [6.07, 6.45) is 0.590. The van der Waals surface area contributed by atoms with Gasteiger partial charge in [0.1, 0.15) is 0 Å². The van der Waals surface area contributed by atoms with Crippen molar-refractivity contribution in [3.8, 4) is 0 Å². The number of ether oxygens (including phenoxy) is 1. The number of nitrogens with zero attached hydrogens (tertiary/aromatic N) is 1. The minimum atomic E-state index is -0.450. The Bertz CT molecular complexity index is 648. The highest BCUT2D eigenvalue weighted by Gasteiger charge is 2.27. The summed E-state index contributed by atoms with van der Waals surface area (Å²) in [7, 11) is 1.33. The fourth-order valence-electron chi connectivity index (χ4n) is 2.87. The van der Waals surface area contributed by atoms with Gasteiger partial charge in [0.05, 0.1) is 19.4 Å². The Morgan fingerprint density at radius 3 is 1.96 bits per heavy atom. The van der Waals surface area contributed by atoms with Crippen LogP contribution in [0.25, 0.3) is 0 Å². The molecular formula is C21H25NO4. The van der Waals surface area contributed by atoms with Gasteiger partial charge in [0.2, 0.25) is 5.91 Å². The molecule has 0 atom stereocenters. The highest BCUT2D eigenvalue weighted by molar-refractivity contribution is 5.87. The van der Waals surface area contributed by atoms with Gasteiger partial charge >= 0.3 is 5.97 Å². The summed E-state index contributed by atoms with van der Waals surface area (Å²) in [6, 6.07) is 19.2. The van der Waals surface area contributed by atoms with Gasteiger partial charge in [-0.1, -0.05) is 60.7 Å². The first-order chi connectivity index (χ1) is 12.7. The van der Waals surface area contributed by atoms with Gasteiger partial charge < -0.3 is 14.7 Å². The molecule has 0 spiro atoms. The molecule has 0 aromatic heterocycles. The first-order valence-electron chi connectivity index (χ1n) is 8.73. The third-order valence-electron chi connectivity index (χ3n) is 4.22. The molecule has 26 heavy (non-hydrogen) atoms. The molecule has 1 amide bonds. The summed E-state index contributed by atoms with van der Waals surface area (Å²) >= 11 is 0. The number of aliphatic hydroxyl groups excluding tert-OH is 1. The van der Waals surface area contributed by atoms with E-state index in [1.54, 1.807) is 4.90 Å². The molecule has 0 heterocycles. The van der Waals surface area contributed by atoms with Crippen molar-refractivity contribution in [3.05, 3.63) is 71.8 Å². The predicted molar refractivity (Wildman–Crippen MR) is 99.6 cm³/mol. The second-order valence-electron chi connectivity index (χ2n) is 5.98. The van der Waals surface area contributed by atoms with E-state index in [4.69, 9.17) is 5.11 Å². The Kier molecular flexibility index (Phi) is 7.83. The fourth-order valence-corrected chi connectivity index (χ4v) is 2.87. The van der Waals surface area contributed by atoms with Crippen LogP contribution in [-0.4, -0.2) is 48.7 Å². The molecule has 138 valence electrons. The number of hydrogen-bond acceptors (Lipinski definition) is 4. The van der Waals surface area contributed by atoms with Crippen molar-refractivity contribution in [1.82, 2.24) is 4.90 Å². The van der Waals surface area contributed by atoms with E-state index in [1.807, 2.05) is 60.7 Å². The quantitative estimate of drug-likeness (QED) is 0.702. The summed E-state index contributed by atoms with van der Waals surface area (Å²) < 4.78 is 4.69. The van der Waals surface area contributed by atoms with Gasteiger partial charge in [0.25, 0.3) is 0 Å². The Morgan fingerprint density at radius 2 is 1.50 bits per heavy atom. The summed E-state index contributed by atoms with van der Waals surface area (Å²) in [5.74, 6) is -0.892. The molecule has 0 radical (unpaired) electrons. The van der Waals surface area contributed by atoms with Crippen molar-refractivity contribution < 1.29 is 19.4 Å². The van der Waals surface area contributed by atoms with E-state index in [1.165, 1.54) is 7.11 Å². The fraction of sp³-hybridized carbons (Fsp3) is 0.333. The van der Waals surface area contributed by atoms with E-state index in [2.05, 4.69) is 4.74 Å². The lowest BCUT2D eigenvalue weighted by Crippen LogP contribution is -2.38. The van der Waals surface area contributed by atoms with Crippen LogP contribution in [0.5, 0.6) is 0 Å². The number of carbonyl (C=O) groups excluding carboxylic acids is 2. The van der Waals surface area contributed by atoms with Crippen molar-refractivity contribution in [3.63, 3.8) is 0 Å². The average Bonchev–Trinajstić information content (AvgIpc) is 2.69. The number of rotatable bonds is 9. The number of hydrogen-bond donors (Lipinski definition) is 1. The van der Waals surface area contributed by atoms with Crippen LogP contribution in [0.3, 0.4) is 0 Å². The van der Waals surface area contributed by atoms with Crippen LogP contribution in [-0.2, 0) is 14.3 Å². The maximum atomic E-state index is 13.3. The third kappa shape index (κ3) is 5.43. The molecule has 0 fully saturated rings. The van der Waals surface area contributed by atoms with Crippen LogP contribution in [0, 0.1) is 0 Å². The lowest BCUT2D eigenvalue weighted by Gasteiger charge is -2.27. The maximum absolute atomic E-state index is 13.3. The van der Waals surface area contributed by atoms with E-state index in [0.29, 0.717) is 13.0 Å². The van der Waals surface area contributed by atoms with Crippen LogP contribution in [0.2, 0.25) is 0 Å². The Balaban J connectivity index is 2.30. The highest BCUT2D eigenvalue weighted by atomic mass is 16.5. The lowest BCUT2D eigenvalue weighted by molar-refractivity contribution is -0.141. The zero-order valence-corrected chi connectivity index (χ0v) is 15.0. The molecule has 2 aromatic carbocycles. The summed E-state index contributed by atoms with van der Waals surface area (Å²) in [6.45, 7) is 0.646. The van der Waals surface area contributed by atoms with Gasteiger partial charge in [-0.05, 0) is 17.5 Å². The zero-order chi connectivity index (χ0) is 18.8. The first kappa shape index (κ1) is 19.7. The van der Waals surface area contributed by atoms with Crippen LogP contribution < -0.4 is 0 Å². The second kappa shape index (κ2) is 10.4. The predicted octanol–water partition coefficient (Wildman–Crippen LogP) is 2.59. The van der Waals surface area contributed by atoms with E-state index >= 15 is 0 Å². The van der Waals surface area contributed by atoms with E-state index in [-0.39, 0.29) is 31.4 Å². The summed E-state index contributed by atoms with van der Waals surface area (Å²) in [5, 5.41) is 9.16. The van der Waals surface area contributed by atoms with Crippen LogP contribution in [0.4, 0.5) is 0 Å². The molecule has 0 aliphatic heterocycles. The van der Waals surface area contributed by atoms with Gasteiger partial charge in [-0.3, -0.25) is 9.59 Å². The first-order valence-corrected chi connectivity index (χ1v) is 8.73. The van der Waals surface area contributed by atoms with E-state index in [9.17, 15) is 9.59 Å². The number of esters is 1. The van der Waals surface area contributed by atoms with Crippen molar-refractivity contribution in [2.24, 2.45) is 0 Å². The number of amides is 1. The van der Waals surface area contributed by atoms with Crippen molar-refractivity contribution in [2.45, 2.75) is 18.8 Å². The SMILES string of the molecule is COC(=O)CCN(CCCO)C(=O)C(c1ccccc1)c1ccccc1. The zero-order valence-electron chi connectivity index (χ0n) is 15.0. The van der Waals surface area contributed by atoms with Gasteiger partial charge in [-0.2, -0.15) is 0 Å². The van der Waals surface area contributed by atoms with Crippen LogP contribution in [0.1, 0.15) is 29.9 Å². The maximum Gasteiger partial charge on any atom is 0.307 e. The number of methoxy groups -OCH3 is 1. The molecule has 0 aliphatic rings. The van der Waals surface area contributed by atoms with E-state index in [0.717, 1.165) is 11.1 Å².